The van der Waals surface area contributed by atoms with Crippen LogP contribution in [0.15, 0.2) is 78.2 Å². The molecule has 0 fully saturated rings. The van der Waals surface area contributed by atoms with E-state index in [9.17, 15) is 9.59 Å². The predicted octanol–water partition coefficient (Wildman–Crippen LogP) is 2.07. The molecule has 4 rings (SSSR count). The maximum atomic E-state index is 12.4. The Morgan fingerprint density at radius 2 is 1.94 bits per heavy atom. The average Bonchev–Trinajstić information content (AvgIpc) is 3.34. The molecule has 0 spiro atoms. The lowest BCUT2D eigenvalue weighted by Gasteiger charge is -2.09. The van der Waals surface area contributed by atoms with E-state index in [4.69, 9.17) is 10.00 Å². The Kier molecular flexibility index (Phi) is 6.66. The standard InChI is InChI=1S/C24H20N6O3/c25-15-20-5-2-6-21(12-20)30-8-7-23(31)22(28-30)13-18-3-1-4-19(11-18)14-24(32)33-10-9-29-17-26-16-27-29/h1-8,11-12,16-17H,9-10,13-14H2. The number of esters is 1. The lowest BCUT2D eigenvalue weighted by molar-refractivity contribution is -0.143. The first-order chi connectivity index (χ1) is 16.1. The van der Waals surface area contributed by atoms with Crippen molar-refractivity contribution in [2.75, 3.05) is 6.61 Å². The van der Waals surface area contributed by atoms with Crippen LogP contribution in [-0.4, -0.2) is 37.1 Å². The molecule has 0 bridgehead atoms. The number of carbonyl (C=O) groups excluding carboxylic acids is 1. The molecule has 0 aliphatic carbocycles. The van der Waals surface area contributed by atoms with Gasteiger partial charge in [-0.25, -0.2) is 14.3 Å². The van der Waals surface area contributed by atoms with Crippen LogP contribution >= 0.6 is 0 Å². The van der Waals surface area contributed by atoms with Gasteiger partial charge in [0.25, 0.3) is 0 Å². The molecule has 0 aliphatic heterocycles. The van der Waals surface area contributed by atoms with E-state index in [1.54, 1.807) is 40.1 Å². The molecule has 2 aromatic heterocycles. The summed E-state index contributed by atoms with van der Waals surface area (Å²) in [7, 11) is 0. The highest BCUT2D eigenvalue weighted by atomic mass is 16.5. The molecule has 164 valence electrons. The van der Waals surface area contributed by atoms with Crippen molar-refractivity contribution >= 4 is 5.97 Å². The van der Waals surface area contributed by atoms with Crippen molar-refractivity contribution in [1.82, 2.24) is 24.5 Å². The summed E-state index contributed by atoms with van der Waals surface area (Å²) in [6.07, 6.45) is 5.00. The van der Waals surface area contributed by atoms with Gasteiger partial charge in [-0.3, -0.25) is 9.59 Å². The molecule has 0 radical (unpaired) electrons. The van der Waals surface area contributed by atoms with Crippen molar-refractivity contribution in [1.29, 1.82) is 5.26 Å². The lowest BCUT2D eigenvalue weighted by atomic mass is 10.0. The van der Waals surface area contributed by atoms with Gasteiger partial charge in [-0.05, 0) is 29.3 Å². The van der Waals surface area contributed by atoms with Crippen molar-refractivity contribution in [2.45, 2.75) is 19.4 Å². The molecule has 2 aromatic carbocycles. The molecular formula is C24H20N6O3. The molecule has 4 aromatic rings. The predicted molar refractivity (Wildman–Crippen MR) is 118 cm³/mol. The van der Waals surface area contributed by atoms with Crippen LogP contribution in [0.4, 0.5) is 0 Å². The molecule has 0 amide bonds. The molecule has 0 atom stereocenters. The van der Waals surface area contributed by atoms with Crippen LogP contribution in [0.1, 0.15) is 22.4 Å². The van der Waals surface area contributed by atoms with E-state index in [1.807, 2.05) is 30.3 Å². The third-order valence-corrected chi connectivity index (χ3v) is 4.88. The van der Waals surface area contributed by atoms with Crippen molar-refractivity contribution in [3.63, 3.8) is 0 Å². The molecule has 2 heterocycles. The Morgan fingerprint density at radius 1 is 1.09 bits per heavy atom. The zero-order chi connectivity index (χ0) is 23.0. The minimum Gasteiger partial charge on any atom is -0.463 e. The van der Waals surface area contributed by atoms with E-state index in [1.165, 1.54) is 12.4 Å². The Labute approximate surface area is 189 Å². The number of nitriles is 1. The molecule has 0 unspecified atom stereocenters. The smallest absolute Gasteiger partial charge is 0.310 e. The summed E-state index contributed by atoms with van der Waals surface area (Å²) in [6.45, 7) is 0.650. The maximum absolute atomic E-state index is 12.4. The fourth-order valence-corrected chi connectivity index (χ4v) is 3.29. The van der Waals surface area contributed by atoms with Crippen LogP contribution in [0.5, 0.6) is 0 Å². The summed E-state index contributed by atoms with van der Waals surface area (Å²) in [5, 5.41) is 17.5. The number of hydrogen-bond acceptors (Lipinski definition) is 7. The minimum absolute atomic E-state index is 0.124. The largest absolute Gasteiger partial charge is 0.463 e. The van der Waals surface area contributed by atoms with Gasteiger partial charge in [0, 0.05) is 18.7 Å². The number of aromatic nitrogens is 5. The zero-order valence-electron chi connectivity index (χ0n) is 17.7. The fraction of sp³-hybridized carbons (Fsp3) is 0.167. The van der Waals surface area contributed by atoms with Crippen LogP contribution in [0.2, 0.25) is 0 Å². The summed E-state index contributed by atoms with van der Waals surface area (Å²) in [6, 6.07) is 18.0. The Morgan fingerprint density at radius 3 is 2.76 bits per heavy atom. The van der Waals surface area contributed by atoms with E-state index < -0.39 is 0 Å². The average molecular weight is 440 g/mol. The van der Waals surface area contributed by atoms with E-state index in [2.05, 4.69) is 21.3 Å². The Balaban J connectivity index is 1.43. The van der Waals surface area contributed by atoms with E-state index in [0.29, 0.717) is 29.9 Å². The van der Waals surface area contributed by atoms with Gasteiger partial charge in [0.1, 0.15) is 25.0 Å². The molecule has 0 aliphatic rings. The van der Waals surface area contributed by atoms with Crippen LogP contribution in [-0.2, 0) is 28.9 Å². The number of hydrogen-bond donors (Lipinski definition) is 0. The van der Waals surface area contributed by atoms with Gasteiger partial charge in [-0.1, -0.05) is 30.3 Å². The first-order valence-corrected chi connectivity index (χ1v) is 10.3. The molecule has 9 heteroatoms. The van der Waals surface area contributed by atoms with Crippen molar-refractivity contribution < 1.29 is 9.53 Å². The second-order valence-electron chi connectivity index (χ2n) is 7.29. The lowest BCUT2D eigenvalue weighted by Crippen LogP contribution is -2.16. The Bertz CT molecular complexity index is 1360. The van der Waals surface area contributed by atoms with Gasteiger partial charge in [-0.2, -0.15) is 15.5 Å². The van der Waals surface area contributed by atoms with Crippen molar-refractivity contribution in [3.05, 3.63) is 106 Å². The Hall–Kier alpha value is -4.58. The van der Waals surface area contributed by atoms with E-state index >= 15 is 0 Å². The van der Waals surface area contributed by atoms with Crippen LogP contribution in [0, 0.1) is 11.3 Å². The zero-order valence-corrected chi connectivity index (χ0v) is 17.7. The van der Waals surface area contributed by atoms with Gasteiger partial charge in [-0.15, -0.1) is 0 Å². The second kappa shape index (κ2) is 10.2. The van der Waals surface area contributed by atoms with Gasteiger partial charge in [0.2, 0.25) is 5.43 Å². The SMILES string of the molecule is N#Cc1cccc(-n2ccc(=O)c(Cc3cccc(CC(=O)OCCn4cncn4)c3)n2)c1. The number of ether oxygens (including phenoxy) is 1. The van der Waals surface area contributed by atoms with Crippen LogP contribution in [0.3, 0.4) is 0 Å². The summed E-state index contributed by atoms with van der Waals surface area (Å²) in [4.78, 5) is 28.4. The highest BCUT2D eigenvalue weighted by Crippen LogP contribution is 2.12. The topological polar surface area (TPSA) is 116 Å². The number of carbonyl (C=O) groups is 1. The van der Waals surface area contributed by atoms with Gasteiger partial charge >= 0.3 is 5.97 Å². The third-order valence-electron chi connectivity index (χ3n) is 4.88. The van der Waals surface area contributed by atoms with Gasteiger partial charge in [0.15, 0.2) is 0 Å². The van der Waals surface area contributed by atoms with Crippen LogP contribution in [0.25, 0.3) is 5.69 Å². The normalized spacial score (nSPS) is 10.5. The van der Waals surface area contributed by atoms with Crippen molar-refractivity contribution in [3.8, 4) is 11.8 Å². The quantitative estimate of drug-likeness (QED) is 0.385. The van der Waals surface area contributed by atoms with Gasteiger partial charge in [0.05, 0.1) is 30.3 Å². The first kappa shape index (κ1) is 21.6. The number of nitrogens with zero attached hydrogens (tertiary/aromatic N) is 6. The summed E-state index contributed by atoms with van der Waals surface area (Å²) < 4.78 is 8.43. The molecule has 9 nitrogen and oxygen atoms in total. The maximum Gasteiger partial charge on any atom is 0.310 e. The van der Waals surface area contributed by atoms with E-state index in [-0.39, 0.29) is 24.4 Å². The molecule has 0 saturated heterocycles. The minimum atomic E-state index is -0.343. The highest BCUT2D eigenvalue weighted by molar-refractivity contribution is 5.72. The molecular weight excluding hydrogens is 420 g/mol. The molecule has 0 saturated carbocycles. The number of rotatable bonds is 8. The summed E-state index contributed by atoms with van der Waals surface area (Å²) in [5.74, 6) is -0.343. The summed E-state index contributed by atoms with van der Waals surface area (Å²) in [5.41, 5.74) is 3.04. The monoisotopic (exact) mass is 440 g/mol. The third kappa shape index (κ3) is 5.77. The van der Waals surface area contributed by atoms with Crippen molar-refractivity contribution in [2.24, 2.45) is 0 Å². The molecule has 33 heavy (non-hydrogen) atoms. The van der Waals surface area contributed by atoms with Gasteiger partial charge < -0.3 is 4.74 Å². The number of benzene rings is 2. The fourth-order valence-electron chi connectivity index (χ4n) is 3.29. The second-order valence-corrected chi connectivity index (χ2v) is 7.29. The van der Waals surface area contributed by atoms with Crippen LogP contribution < -0.4 is 5.43 Å². The summed E-state index contributed by atoms with van der Waals surface area (Å²) >= 11 is 0. The molecule has 0 N–H and O–H groups in total. The van der Waals surface area contributed by atoms with E-state index in [0.717, 1.165) is 11.1 Å². The first-order valence-electron chi connectivity index (χ1n) is 10.3. The highest BCUT2D eigenvalue weighted by Gasteiger charge is 2.09.